The van der Waals surface area contributed by atoms with E-state index < -0.39 is 0 Å². The van der Waals surface area contributed by atoms with Crippen LogP contribution in [-0.2, 0) is 4.79 Å². The molecule has 0 spiro atoms. The molecule has 0 aromatic rings. The Labute approximate surface area is 110 Å². The summed E-state index contributed by atoms with van der Waals surface area (Å²) in [4.78, 5) is 12.7. The molecular formula is C15H24N2O. The van der Waals surface area contributed by atoms with Crippen molar-refractivity contribution in [3.05, 3.63) is 0 Å². The average molecular weight is 248 g/mol. The van der Waals surface area contributed by atoms with Crippen molar-refractivity contribution < 1.29 is 4.79 Å². The van der Waals surface area contributed by atoms with Gasteiger partial charge in [-0.05, 0) is 51.6 Å². The summed E-state index contributed by atoms with van der Waals surface area (Å²) in [5, 5.41) is 9.19. The van der Waals surface area contributed by atoms with Crippen LogP contribution in [0.25, 0.3) is 0 Å². The minimum absolute atomic E-state index is 0.0451. The smallest absolute Gasteiger partial charge is 0.132 e. The van der Waals surface area contributed by atoms with Gasteiger partial charge in [-0.1, -0.05) is 12.8 Å². The van der Waals surface area contributed by atoms with Crippen LogP contribution >= 0.6 is 0 Å². The average Bonchev–Trinajstić information content (AvgIpc) is 3.12. The Hall–Kier alpha value is -0.880. The molecule has 0 atom stereocenters. The molecule has 0 N–H and O–H groups in total. The van der Waals surface area contributed by atoms with E-state index in [0.29, 0.717) is 5.78 Å². The van der Waals surface area contributed by atoms with Gasteiger partial charge in [0.2, 0.25) is 0 Å². The molecule has 2 aliphatic carbocycles. The number of likely N-dealkylation sites (tertiary alicyclic amines) is 1. The highest BCUT2D eigenvalue weighted by Gasteiger charge is 2.40. The van der Waals surface area contributed by atoms with Gasteiger partial charge in [0.05, 0.1) is 6.07 Å². The van der Waals surface area contributed by atoms with E-state index in [2.05, 4.69) is 11.0 Å². The van der Waals surface area contributed by atoms with E-state index in [1.165, 1.54) is 25.7 Å². The van der Waals surface area contributed by atoms with Gasteiger partial charge in [0.1, 0.15) is 11.3 Å². The van der Waals surface area contributed by atoms with Crippen molar-refractivity contribution in [2.24, 2.45) is 0 Å². The molecule has 3 fully saturated rings. The van der Waals surface area contributed by atoms with Gasteiger partial charge in [0.25, 0.3) is 0 Å². The Balaban J connectivity index is 0.000000169. The molecule has 0 aromatic carbocycles. The summed E-state index contributed by atoms with van der Waals surface area (Å²) in [5.41, 5.74) is -0.0451. The maximum absolute atomic E-state index is 10.2. The molecule has 0 aromatic heterocycles. The molecule has 3 aliphatic rings. The van der Waals surface area contributed by atoms with Gasteiger partial charge in [-0.25, -0.2) is 0 Å². The second-order valence-corrected chi connectivity index (χ2v) is 5.79. The summed E-state index contributed by atoms with van der Waals surface area (Å²) in [6.07, 6.45) is 11.3. The van der Waals surface area contributed by atoms with Crippen LogP contribution in [0.2, 0.25) is 0 Å². The van der Waals surface area contributed by atoms with Crippen molar-refractivity contribution in [2.45, 2.75) is 69.7 Å². The summed E-state index contributed by atoms with van der Waals surface area (Å²) >= 11 is 0. The molecule has 1 aliphatic heterocycles. The predicted octanol–water partition coefficient (Wildman–Crippen LogP) is 3.05. The van der Waals surface area contributed by atoms with Gasteiger partial charge in [-0.15, -0.1) is 0 Å². The predicted molar refractivity (Wildman–Crippen MR) is 71.1 cm³/mol. The minimum Gasteiger partial charge on any atom is -0.300 e. The van der Waals surface area contributed by atoms with Crippen LogP contribution in [-0.4, -0.2) is 29.3 Å². The molecule has 0 radical (unpaired) electrons. The van der Waals surface area contributed by atoms with Gasteiger partial charge < -0.3 is 0 Å². The van der Waals surface area contributed by atoms with Gasteiger partial charge in [-0.3, -0.25) is 9.69 Å². The number of hydrogen-bond acceptors (Lipinski definition) is 3. The lowest BCUT2D eigenvalue weighted by molar-refractivity contribution is -0.117. The van der Waals surface area contributed by atoms with E-state index in [9.17, 15) is 10.1 Å². The first kappa shape index (κ1) is 13.5. The monoisotopic (exact) mass is 248 g/mol. The van der Waals surface area contributed by atoms with E-state index in [1.807, 2.05) is 0 Å². The van der Waals surface area contributed by atoms with Crippen LogP contribution < -0.4 is 0 Å². The van der Waals surface area contributed by atoms with E-state index in [0.717, 1.165) is 51.6 Å². The lowest BCUT2D eigenvalue weighted by Crippen LogP contribution is -2.43. The first-order chi connectivity index (χ1) is 8.77. The molecule has 0 amide bonds. The summed E-state index contributed by atoms with van der Waals surface area (Å²) < 4.78 is 0. The Morgan fingerprint density at radius 1 is 0.944 bits per heavy atom. The first-order valence-corrected chi connectivity index (χ1v) is 7.45. The maximum Gasteiger partial charge on any atom is 0.132 e. The molecule has 100 valence electrons. The number of carbonyl (C=O) groups excluding carboxylic acids is 1. The van der Waals surface area contributed by atoms with Crippen LogP contribution in [0.5, 0.6) is 0 Å². The quantitative estimate of drug-likeness (QED) is 0.716. The number of nitrogens with zero attached hydrogens (tertiary/aromatic N) is 2. The van der Waals surface area contributed by atoms with Crippen molar-refractivity contribution in [3.63, 3.8) is 0 Å². The fourth-order valence-corrected chi connectivity index (χ4v) is 3.37. The Kier molecular flexibility index (Phi) is 4.77. The summed E-state index contributed by atoms with van der Waals surface area (Å²) in [7, 11) is 0. The Bertz CT molecular complexity index is 312. The highest BCUT2D eigenvalue weighted by molar-refractivity contribution is 5.80. The topological polar surface area (TPSA) is 44.1 Å². The summed E-state index contributed by atoms with van der Waals surface area (Å²) in [5.74, 6) is 0.454. The second kappa shape index (κ2) is 6.33. The third-order valence-electron chi connectivity index (χ3n) is 4.51. The van der Waals surface area contributed by atoms with E-state index in [1.54, 1.807) is 0 Å². The van der Waals surface area contributed by atoms with Crippen LogP contribution in [0.3, 0.4) is 0 Å². The van der Waals surface area contributed by atoms with Crippen LogP contribution in [0.4, 0.5) is 0 Å². The number of Topliss-reactive ketones (excluding diaryl/α,β-unsaturated/α-hetero) is 1. The molecule has 1 heterocycles. The van der Waals surface area contributed by atoms with Crippen molar-refractivity contribution in [3.8, 4) is 6.07 Å². The molecule has 0 bridgehead atoms. The lowest BCUT2D eigenvalue weighted by Gasteiger charge is -2.31. The van der Waals surface area contributed by atoms with Crippen molar-refractivity contribution >= 4 is 5.78 Å². The first-order valence-electron chi connectivity index (χ1n) is 7.45. The number of hydrogen-bond donors (Lipinski definition) is 0. The SMILES string of the molecule is N#CC1(N2CCCC2)CCCC1.O=C1CCCC1. The Morgan fingerprint density at radius 3 is 1.89 bits per heavy atom. The van der Waals surface area contributed by atoms with Crippen molar-refractivity contribution in [1.29, 1.82) is 5.26 Å². The minimum atomic E-state index is -0.0451. The van der Waals surface area contributed by atoms with Crippen molar-refractivity contribution in [2.75, 3.05) is 13.1 Å². The largest absolute Gasteiger partial charge is 0.300 e. The van der Waals surface area contributed by atoms with Crippen LogP contribution in [0, 0.1) is 11.3 Å². The Morgan fingerprint density at radius 2 is 1.50 bits per heavy atom. The molecule has 3 heteroatoms. The molecule has 2 saturated carbocycles. The fourth-order valence-electron chi connectivity index (χ4n) is 3.37. The summed E-state index contributed by atoms with van der Waals surface area (Å²) in [6.45, 7) is 2.32. The van der Waals surface area contributed by atoms with Gasteiger partial charge >= 0.3 is 0 Å². The molecule has 18 heavy (non-hydrogen) atoms. The fraction of sp³-hybridized carbons (Fsp3) is 0.867. The zero-order valence-electron chi connectivity index (χ0n) is 11.3. The molecule has 0 unspecified atom stereocenters. The summed E-state index contributed by atoms with van der Waals surface area (Å²) in [6, 6.07) is 2.55. The van der Waals surface area contributed by atoms with Crippen LogP contribution in [0.15, 0.2) is 0 Å². The number of ketones is 1. The molecule has 3 nitrogen and oxygen atoms in total. The van der Waals surface area contributed by atoms with Crippen LogP contribution in [0.1, 0.15) is 64.2 Å². The zero-order valence-corrected chi connectivity index (χ0v) is 11.3. The molecular weight excluding hydrogens is 224 g/mol. The van der Waals surface area contributed by atoms with E-state index in [-0.39, 0.29) is 5.54 Å². The van der Waals surface area contributed by atoms with E-state index in [4.69, 9.17) is 0 Å². The van der Waals surface area contributed by atoms with Gasteiger partial charge in [-0.2, -0.15) is 5.26 Å². The van der Waals surface area contributed by atoms with Gasteiger partial charge in [0, 0.05) is 12.8 Å². The third-order valence-corrected chi connectivity index (χ3v) is 4.51. The normalized spacial score (nSPS) is 26.7. The van der Waals surface area contributed by atoms with Gasteiger partial charge in [0.15, 0.2) is 0 Å². The highest BCUT2D eigenvalue weighted by atomic mass is 16.1. The number of rotatable bonds is 1. The molecule has 1 saturated heterocycles. The molecule has 3 rings (SSSR count). The number of nitriles is 1. The van der Waals surface area contributed by atoms with Crippen molar-refractivity contribution in [1.82, 2.24) is 4.90 Å². The maximum atomic E-state index is 10.2. The number of carbonyl (C=O) groups is 1. The van der Waals surface area contributed by atoms with E-state index >= 15 is 0 Å². The lowest BCUT2D eigenvalue weighted by atomic mass is 9.98. The highest BCUT2D eigenvalue weighted by Crippen LogP contribution is 2.36. The standard InChI is InChI=1S/C10H16N2.C5H8O/c11-9-10(5-1-2-6-10)12-7-3-4-8-12;6-5-3-1-2-4-5/h1-8H2;1-4H2. The zero-order chi connectivity index (χ0) is 12.8. The second-order valence-electron chi connectivity index (χ2n) is 5.79. The third kappa shape index (κ3) is 3.11.